The molecule has 0 aliphatic carbocycles. The first-order valence-corrected chi connectivity index (χ1v) is 8.77. The molecule has 1 aliphatic rings. The number of aryl methyl sites for hydroxylation is 2. The number of hydrogen-bond acceptors (Lipinski definition) is 5. The summed E-state index contributed by atoms with van der Waals surface area (Å²) < 4.78 is 43.9. The van der Waals surface area contributed by atoms with Crippen LogP contribution >= 0.6 is 0 Å². The first-order chi connectivity index (χ1) is 13.2. The van der Waals surface area contributed by atoms with Crippen molar-refractivity contribution in [1.29, 1.82) is 0 Å². The van der Waals surface area contributed by atoms with Gasteiger partial charge in [-0.2, -0.15) is 5.10 Å². The average molecular weight is 392 g/mol. The Morgan fingerprint density at radius 1 is 1.14 bits per heavy atom. The van der Waals surface area contributed by atoms with Crippen molar-refractivity contribution in [2.45, 2.75) is 46.5 Å². The van der Waals surface area contributed by atoms with E-state index in [4.69, 9.17) is 0 Å². The number of aromatic nitrogens is 3. The van der Waals surface area contributed by atoms with Gasteiger partial charge in [-0.25, -0.2) is 9.50 Å². The van der Waals surface area contributed by atoms with Gasteiger partial charge in [0, 0.05) is 35.6 Å². The van der Waals surface area contributed by atoms with Crippen LogP contribution in [0.3, 0.4) is 0 Å². The molecule has 0 bridgehead atoms. The van der Waals surface area contributed by atoms with Crippen LogP contribution in [0.25, 0.3) is 5.65 Å². The van der Waals surface area contributed by atoms with Crippen LogP contribution in [-0.4, -0.2) is 31.0 Å². The van der Waals surface area contributed by atoms with Crippen LogP contribution in [0.5, 0.6) is 5.75 Å². The summed E-state index contributed by atoms with van der Waals surface area (Å²) in [5.74, 6) is -0.415. The number of rotatable bonds is 3. The van der Waals surface area contributed by atoms with E-state index in [1.165, 1.54) is 18.2 Å². The lowest BCUT2D eigenvalue weighted by atomic mass is 10.1. The predicted octanol–water partition coefficient (Wildman–Crippen LogP) is 3.56. The largest absolute Gasteiger partial charge is 0.573 e. The van der Waals surface area contributed by atoms with Crippen molar-refractivity contribution >= 4 is 5.65 Å². The van der Waals surface area contributed by atoms with Crippen LogP contribution in [0, 0.1) is 20.8 Å². The van der Waals surface area contributed by atoms with Gasteiger partial charge in [0.2, 0.25) is 0 Å². The molecule has 28 heavy (non-hydrogen) atoms. The number of para-hydroxylation sites is 1. The molecule has 1 N–H and O–H groups in total. The Morgan fingerprint density at radius 3 is 2.57 bits per heavy atom. The Balaban J connectivity index is 1.65. The normalized spacial score (nSPS) is 15.8. The molecule has 1 aliphatic heterocycles. The zero-order valence-corrected chi connectivity index (χ0v) is 15.6. The third-order valence-electron chi connectivity index (χ3n) is 5.20. The summed E-state index contributed by atoms with van der Waals surface area (Å²) in [5.41, 5.74) is 5.35. The Kier molecular flexibility index (Phi) is 4.31. The molecule has 0 spiro atoms. The molecular formula is C19H19F3N4O2. The molecule has 0 amide bonds. The molecule has 0 saturated carbocycles. The molecule has 148 valence electrons. The highest BCUT2D eigenvalue weighted by atomic mass is 19.4. The van der Waals surface area contributed by atoms with Gasteiger partial charge in [0.25, 0.3) is 0 Å². The topological polar surface area (TPSA) is 62.9 Å². The van der Waals surface area contributed by atoms with Crippen molar-refractivity contribution in [3.8, 4) is 5.75 Å². The summed E-state index contributed by atoms with van der Waals surface area (Å²) in [7, 11) is 0. The minimum absolute atomic E-state index is 0.0538. The number of fused-ring (bicyclic) bond motifs is 3. The van der Waals surface area contributed by atoms with E-state index in [2.05, 4.69) is 14.8 Å². The van der Waals surface area contributed by atoms with Crippen molar-refractivity contribution in [1.82, 2.24) is 19.5 Å². The summed E-state index contributed by atoms with van der Waals surface area (Å²) >= 11 is 0. The second kappa shape index (κ2) is 6.46. The fraction of sp³-hybridized carbons (Fsp3) is 0.368. The monoisotopic (exact) mass is 392 g/mol. The number of hydrogen-bond donors (Lipinski definition) is 1. The molecule has 3 heterocycles. The van der Waals surface area contributed by atoms with Crippen molar-refractivity contribution in [3.63, 3.8) is 0 Å². The maximum absolute atomic E-state index is 12.7. The zero-order chi connectivity index (χ0) is 20.2. The number of nitrogens with zero attached hydrogens (tertiary/aromatic N) is 4. The fourth-order valence-corrected chi connectivity index (χ4v) is 3.52. The number of ether oxygens (including phenoxy) is 1. The SMILES string of the molecule is Cc1nc2c3c(nn2c(C)c1C)CN(C(O)c1ccccc1OC(F)(F)F)C3. The van der Waals surface area contributed by atoms with Crippen LogP contribution in [0.4, 0.5) is 13.2 Å². The molecule has 0 fully saturated rings. The second-order valence-corrected chi connectivity index (χ2v) is 6.93. The van der Waals surface area contributed by atoms with E-state index >= 15 is 0 Å². The number of aliphatic hydroxyl groups is 1. The second-order valence-electron chi connectivity index (χ2n) is 6.93. The molecule has 1 aromatic carbocycles. The highest BCUT2D eigenvalue weighted by Crippen LogP contribution is 2.36. The molecule has 9 heteroatoms. The van der Waals surface area contributed by atoms with E-state index in [-0.39, 0.29) is 5.56 Å². The van der Waals surface area contributed by atoms with Crippen molar-refractivity contribution in [3.05, 3.63) is 58.0 Å². The number of aliphatic hydroxyl groups excluding tert-OH is 1. The lowest BCUT2D eigenvalue weighted by molar-refractivity contribution is -0.275. The molecule has 0 radical (unpaired) electrons. The van der Waals surface area contributed by atoms with E-state index < -0.39 is 18.3 Å². The third kappa shape index (κ3) is 3.10. The van der Waals surface area contributed by atoms with E-state index in [0.29, 0.717) is 18.7 Å². The summed E-state index contributed by atoms with van der Waals surface area (Å²) in [6.07, 6.45) is -6.09. The minimum Gasteiger partial charge on any atom is -0.405 e. The molecular weight excluding hydrogens is 373 g/mol. The molecule has 3 aromatic rings. The van der Waals surface area contributed by atoms with Crippen LogP contribution < -0.4 is 4.74 Å². The number of alkyl halides is 3. The van der Waals surface area contributed by atoms with Crippen molar-refractivity contribution in [2.75, 3.05) is 0 Å². The van der Waals surface area contributed by atoms with Crippen molar-refractivity contribution < 1.29 is 23.0 Å². The minimum atomic E-state index is -4.83. The van der Waals surface area contributed by atoms with E-state index in [1.807, 2.05) is 20.8 Å². The van der Waals surface area contributed by atoms with E-state index in [1.54, 1.807) is 15.5 Å². The predicted molar refractivity (Wildman–Crippen MR) is 94.5 cm³/mol. The number of benzene rings is 1. The first-order valence-electron chi connectivity index (χ1n) is 8.77. The van der Waals surface area contributed by atoms with Crippen LogP contribution in [0.1, 0.15) is 40.0 Å². The Hall–Kier alpha value is -2.65. The zero-order valence-electron chi connectivity index (χ0n) is 15.6. The fourth-order valence-electron chi connectivity index (χ4n) is 3.52. The Morgan fingerprint density at radius 2 is 1.86 bits per heavy atom. The van der Waals surface area contributed by atoms with Crippen LogP contribution in [-0.2, 0) is 13.1 Å². The summed E-state index contributed by atoms with van der Waals surface area (Å²) in [5, 5.41) is 15.3. The van der Waals surface area contributed by atoms with Gasteiger partial charge in [-0.3, -0.25) is 4.90 Å². The van der Waals surface area contributed by atoms with E-state index in [0.717, 1.165) is 28.2 Å². The van der Waals surface area contributed by atoms with Crippen LogP contribution in [0.15, 0.2) is 24.3 Å². The van der Waals surface area contributed by atoms with Gasteiger partial charge in [0.1, 0.15) is 12.0 Å². The van der Waals surface area contributed by atoms with Gasteiger partial charge >= 0.3 is 6.36 Å². The van der Waals surface area contributed by atoms with Crippen LogP contribution in [0.2, 0.25) is 0 Å². The quantitative estimate of drug-likeness (QED) is 0.739. The summed E-state index contributed by atoms with van der Waals surface area (Å²) in [6.45, 7) is 6.51. The lowest BCUT2D eigenvalue weighted by Crippen LogP contribution is -2.26. The number of halogens is 3. The molecule has 0 saturated heterocycles. The van der Waals surface area contributed by atoms with Crippen molar-refractivity contribution in [2.24, 2.45) is 0 Å². The molecule has 1 atom stereocenters. The smallest absolute Gasteiger partial charge is 0.405 e. The summed E-state index contributed by atoms with van der Waals surface area (Å²) in [6, 6.07) is 5.60. The summed E-state index contributed by atoms with van der Waals surface area (Å²) in [4.78, 5) is 6.26. The maximum atomic E-state index is 12.7. The average Bonchev–Trinajstić information content (AvgIpc) is 3.17. The standard InChI is InChI=1S/C19H19F3N4O2/c1-10-11(2)23-17-14-8-25(9-15(14)24-26(17)12(10)3)18(27)13-6-4-5-7-16(13)28-19(20,21)22/h4-7,18,27H,8-9H2,1-3H3. The molecule has 6 nitrogen and oxygen atoms in total. The molecule has 2 aromatic heterocycles. The third-order valence-corrected chi connectivity index (χ3v) is 5.20. The molecule has 1 unspecified atom stereocenters. The highest BCUT2D eigenvalue weighted by molar-refractivity contribution is 5.54. The highest BCUT2D eigenvalue weighted by Gasteiger charge is 2.35. The Bertz CT molecular complexity index is 1060. The van der Waals surface area contributed by atoms with Gasteiger partial charge in [0.15, 0.2) is 5.65 Å². The first kappa shape index (κ1) is 18.7. The van der Waals surface area contributed by atoms with Gasteiger partial charge < -0.3 is 9.84 Å². The molecule has 4 rings (SSSR count). The lowest BCUT2D eigenvalue weighted by Gasteiger charge is -2.25. The Labute approximate surface area is 159 Å². The van der Waals surface area contributed by atoms with Gasteiger partial charge in [0.05, 0.1) is 5.69 Å². The maximum Gasteiger partial charge on any atom is 0.573 e. The van der Waals surface area contributed by atoms with Gasteiger partial charge in [-0.05, 0) is 32.4 Å². The van der Waals surface area contributed by atoms with Gasteiger partial charge in [-0.15, -0.1) is 13.2 Å². The van der Waals surface area contributed by atoms with E-state index in [9.17, 15) is 18.3 Å². The van der Waals surface area contributed by atoms with Gasteiger partial charge in [-0.1, -0.05) is 18.2 Å².